The van der Waals surface area contributed by atoms with E-state index in [9.17, 15) is 29.8 Å². The van der Waals surface area contributed by atoms with Crippen LogP contribution in [0.3, 0.4) is 0 Å². The first-order valence-corrected chi connectivity index (χ1v) is 7.92. The summed E-state index contributed by atoms with van der Waals surface area (Å²) in [5.41, 5.74) is -1.55. The van der Waals surface area contributed by atoms with Crippen LogP contribution in [0.15, 0.2) is 16.9 Å². The topological polar surface area (TPSA) is 195 Å². The molecule has 0 saturated heterocycles. The van der Waals surface area contributed by atoms with Gasteiger partial charge in [0, 0.05) is 0 Å². The van der Waals surface area contributed by atoms with Crippen LogP contribution in [0, 0.1) is 20.2 Å². The van der Waals surface area contributed by atoms with Crippen LogP contribution in [0.25, 0.3) is 23.1 Å². The van der Waals surface area contributed by atoms with Crippen molar-refractivity contribution in [1.29, 1.82) is 0 Å². The summed E-state index contributed by atoms with van der Waals surface area (Å²) in [4.78, 5) is 47.4. The van der Waals surface area contributed by atoms with E-state index in [-0.39, 0.29) is 47.8 Å². The largest absolute Gasteiger partial charge is 0.331 e. The first-order valence-electron chi connectivity index (χ1n) is 7.92. The van der Waals surface area contributed by atoms with Gasteiger partial charge in [0.25, 0.3) is 5.89 Å². The molecular formula is C14H12N8O7. The Bertz CT molecular complexity index is 1050. The molecule has 0 radical (unpaired) electrons. The zero-order valence-corrected chi connectivity index (χ0v) is 15.0. The maximum Gasteiger partial charge on any atom is 0.320 e. The molecule has 15 nitrogen and oxygen atoms in total. The van der Waals surface area contributed by atoms with E-state index >= 15 is 0 Å². The Labute approximate surface area is 160 Å². The van der Waals surface area contributed by atoms with Gasteiger partial charge in [-0.05, 0) is 13.8 Å². The third kappa shape index (κ3) is 4.02. The Balaban J connectivity index is 2.04. The second kappa shape index (κ2) is 7.37. The molecule has 0 fully saturated rings. The van der Waals surface area contributed by atoms with Gasteiger partial charge in [-0.1, -0.05) is 5.16 Å². The molecule has 3 rings (SSSR count). The van der Waals surface area contributed by atoms with Gasteiger partial charge in [0.15, 0.2) is 11.6 Å². The summed E-state index contributed by atoms with van der Waals surface area (Å²) in [5, 5.41) is 33.9. The average molecular weight is 404 g/mol. The highest BCUT2D eigenvalue weighted by atomic mass is 16.6. The summed E-state index contributed by atoms with van der Waals surface area (Å²) in [6.07, 6.45) is 2.07. The number of nitro groups is 2. The lowest BCUT2D eigenvalue weighted by Crippen LogP contribution is -2.06. The first-order chi connectivity index (χ1) is 13.7. The van der Waals surface area contributed by atoms with Gasteiger partial charge in [-0.3, -0.25) is 39.2 Å². The molecule has 0 aliphatic heterocycles. The number of carbonyl (C=O) groups is 2. The fraction of sp³-hybridized carbons (Fsp3) is 0.286. The minimum Gasteiger partial charge on any atom is -0.331 e. The van der Waals surface area contributed by atoms with Crippen molar-refractivity contribution in [1.82, 2.24) is 29.7 Å². The zero-order valence-electron chi connectivity index (χ0n) is 15.0. The van der Waals surface area contributed by atoms with Crippen LogP contribution < -0.4 is 0 Å². The molecule has 3 aromatic heterocycles. The molecule has 15 heteroatoms. The Kier molecular flexibility index (Phi) is 4.95. The number of aromatic nitrogens is 6. The van der Waals surface area contributed by atoms with Crippen molar-refractivity contribution >= 4 is 22.9 Å². The van der Waals surface area contributed by atoms with Crippen LogP contribution in [-0.4, -0.2) is 51.1 Å². The normalized spacial score (nSPS) is 10.8. The highest BCUT2D eigenvalue weighted by Gasteiger charge is 2.30. The summed E-state index contributed by atoms with van der Waals surface area (Å²) >= 11 is 0. The Morgan fingerprint density at radius 2 is 1.45 bits per heavy atom. The molecule has 0 spiro atoms. The number of Topliss-reactive ketones (excluding diaryl/α,β-unsaturated/α-hetero) is 2. The lowest BCUT2D eigenvalue weighted by Gasteiger charge is -1.93. The molecular weight excluding hydrogens is 392 g/mol. The molecule has 0 amide bonds. The zero-order chi connectivity index (χ0) is 21.3. The van der Waals surface area contributed by atoms with Crippen molar-refractivity contribution in [3.05, 3.63) is 32.6 Å². The third-order valence-corrected chi connectivity index (χ3v) is 3.49. The average Bonchev–Trinajstić information content (AvgIpc) is 3.30. The second-order valence-corrected chi connectivity index (χ2v) is 5.96. The number of hydrogen-bond donors (Lipinski definition) is 0. The fourth-order valence-electron chi connectivity index (χ4n) is 2.43. The molecule has 0 bridgehead atoms. The SMILES string of the molecule is CC(=O)Cn1cc([N+](=O)[O-])c(-c2noc(-c3nn(CC(C)=O)cc3[N+](=O)[O-])n2)n1. The van der Waals surface area contributed by atoms with Crippen LogP contribution in [0.1, 0.15) is 13.8 Å². The van der Waals surface area contributed by atoms with Crippen LogP contribution in [-0.2, 0) is 22.7 Å². The quantitative estimate of drug-likeness (QED) is 0.380. The van der Waals surface area contributed by atoms with Crippen molar-refractivity contribution in [2.45, 2.75) is 26.9 Å². The summed E-state index contributed by atoms with van der Waals surface area (Å²) in [6.45, 7) is 2.17. The molecule has 0 aliphatic rings. The maximum absolute atomic E-state index is 11.3. The van der Waals surface area contributed by atoms with Gasteiger partial charge in [0.2, 0.25) is 17.2 Å². The highest BCUT2D eigenvalue weighted by Crippen LogP contribution is 2.31. The van der Waals surface area contributed by atoms with Crippen molar-refractivity contribution in [3.8, 4) is 23.1 Å². The monoisotopic (exact) mass is 404 g/mol. The minimum atomic E-state index is -0.743. The molecule has 0 atom stereocenters. The summed E-state index contributed by atoms with van der Waals surface area (Å²) < 4.78 is 7.07. The standard InChI is InChI=1S/C14H12N8O7/c1-7(23)3-19-5-9(21(25)26)11(16-19)13-15-14(29-18-13)12-10(22(27)28)6-20(17-12)4-8(2)24/h5-6H,3-4H2,1-2H3. The predicted octanol–water partition coefficient (Wildman–Crippen LogP) is 0.791. The van der Waals surface area contributed by atoms with E-state index in [1.807, 2.05) is 0 Å². The summed E-state index contributed by atoms with van der Waals surface area (Å²) in [6, 6.07) is 0. The van der Waals surface area contributed by atoms with Gasteiger partial charge >= 0.3 is 11.4 Å². The Morgan fingerprint density at radius 3 is 1.93 bits per heavy atom. The van der Waals surface area contributed by atoms with E-state index < -0.39 is 21.2 Å². The lowest BCUT2D eigenvalue weighted by molar-refractivity contribution is -0.384. The molecule has 0 unspecified atom stereocenters. The number of carbonyl (C=O) groups excluding carboxylic acids is 2. The van der Waals surface area contributed by atoms with Crippen molar-refractivity contribution in [3.63, 3.8) is 0 Å². The van der Waals surface area contributed by atoms with Crippen LogP contribution in [0.5, 0.6) is 0 Å². The molecule has 0 aliphatic carbocycles. The van der Waals surface area contributed by atoms with E-state index in [1.54, 1.807) is 0 Å². The highest BCUT2D eigenvalue weighted by molar-refractivity contribution is 5.76. The molecule has 0 saturated carbocycles. The smallest absolute Gasteiger partial charge is 0.320 e. The van der Waals surface area contributed by atoms with E-state index in [2.05, 4.69) is 20.3 Å². The predicted molar refractivity (Wildman–Crippen MR) is 91.4 cm³/mol. The number of ketones is 2. The lowest BCUT2D eigenvalue weighted by atomic mass is 10.3. The van der Waals surface area contributed by atoms with E-state index in [4.69, 9.17) is 4.52 Å². The van der Waals surface area contributed by atoms with Gasteiger partial charge in [-0.15, -0.1) is 0 Å². The fourth-order valence-corrected chi connectivity index (χ4v) is 2.43. The maximum atomic E-state index is 11.3. The number of rotatable bonds is 8. The molecule has 29 heavy (non-hydrogen) atoms. The Hall–Kier alpha value is -4.30. The summed E-state index contributed by atoms with van der Waals surface area (Å²) in [5.74, 6) is -1.27. The molecule has 3 aromatic rings. The molecule has 0 N–H and O–H groups in total. The van der Waals surface area contributed by atoms with E-state index in [0.717, 1.165) is 21.8 Å². The number of nitrogens with zero attached hydrogens (tertiary/aromatic N) is 8. The van der Waals surface area contributed by atoms with Crippen LogP contribution in [0.2, 0.25) is 0 Å². The van der Waals surface area contributed by atoms with Crippen LogP contribution >= 0.6 is 0 Å². The molecule has 3 heterocycles. The van der Waals surface area contributed by atoms with E-state index in [0.29, 0.717) is 0 Å². The molecule has 150 valence electrons. The Morgan fingerprint density at radius 1 is 0.966 bits per heavy atom. The van der Waals surface area contributed by atoms with Crippen LogP contribution in [0.4, 0.5) is 11.4 Å². The number of hydrogen-bond acceptors (Lipinski definition) is 11. The second-order valence-electron chi connectivity index (χ2n) is 5.96. The van der Waals surface area contributed by atoms with Gasteiger partial charge < -0.3 is 4.52 Å². The molecule has 0 aromatic carbocycles. The van der Waals surface area contributed by atoms with Gasteiger partial charge in [0.05, 0.1) is 22.9 Å². The third-order valence-electron chi connectivity index (χ3n) is 3.49. The van der Waals surface area contributed by atoms with Gasteiger partial charge in [-0.25, -0.2) is 0 Å². The van der Waals surface area contributed by atoms with Gasteiger partial charge in [0.1, 0.15) is 12.4 Å². The van der Waals surface area contributed by atoms with Crippen molar-refractivity contribution < 1.29 is 24.0 Å². The van der Waals surface area contributed by atoms with Gasteiger partial charge in [-0.2, -0.15) is 15.2 Å². The van der Waals surface area contributed by atoms with Crippen molar-refractivity contribution in [2.75, 3.05) is 0 Å². The first kappa shape index (κ1) is 19.5. The van der Waals surface area contributed by atoms with E-state index in [1.165, 1.54) is 13.8 Å². The van der Waals surface area contributed by atoms with Crippen molar-refractivity contribution in [2.24, 2.45) is 0 Å². The minimum absolute atomic E-state index is 0.202. The summed E-state index contributed by atoms with van der Waals surface area (Å²) in [7, 11) is 0.